The SMILES string of the molecule is Cc1nn(C)c2nc(-c3ccccc3)cc(C(=O)Nc3n[nH]c(C(F)(F)F)n3)c12. The molecule has 0 atom stereocenters. The zero-order valence-electron chi connectivity index (χ0n) is 15.2. The van der Waals surface area contributed by atoms with Gasteiger partial charge in [-0.25, -0.2) is 4.98 Å². The van der Waals surface area contributed by atoms with E-state index in [4.69, 9.17) is 0 Å². The zero-order chi connectivity index (χ0) is 20.8. The van der Waals surface area contributed by atoms with Gasteiger partial charge >= 0.3 is 6.18 Å². The summed E-state index contributed by atoms with van der Waals surface area (Å²) in [5, 5.41) is 12.3. The first-order chi connectivity index (χ1) is 13.7. The van der Waals surface area contributed by atoms with E-state index in [1.165, 1.54) is 0 Å². The summed E-state index contributed by atoms with van der Waals surface area (Å²) in [5.41, 5.74) is 2.54. The van der Waals surface area contributed by atoms with Crippen LogP contribution in [-0.2, 0) is 13.2 Å². The molecule has 1 amide bonds. The molecular formula is C18H14F3N7O. The third-order valence-corrected chi connectivity index (χ3v) is 4.26. The molecule has 4 aromatic rings. The number of halogens is 3. The Morgan fingerprint density at radius 2 is 1.90 bits per heavy atom. The smallest absolute Gasteiger partial charge is 0.289 e. The van der Waals surface area contributed by atoms with Crippen molar-refractivity contribution in [3.8, 4) is 11.3 Å². The van der Waals surface area contributed by atoms with E-state index in [1.807, 2.05) is 30.3 Å². The predicted molar refractivity (Wildman–Crippen MR) is 98.0 cm³/mol. The normalized spacial score (nSPS) is 11.8. The van der Waals surface area contributed by atoms with Gasteiger partial charge in [-0.15, -0.1) is 5.10 Å². The first-order valence-corrected chi connectivity index (χ1v) is 8.45. The largest absolute Gasteiger partial charge is 0.451 e. The number of aromatic amines is 1. The maximum Gasteiger partial charge on any atom is 0.451 e. The van der Waals surface area contributed by atoms with Crippen molar-refractivity contribution in [3.05, 3.63) is 53.5 Å². The number of benzene rings is 1. The molecule has 0 aliphatic rings. The van der Waals surface area contributed by atoms with Gasteiger partial charge in [-0.1, -0.05) is 30.3 Å². The summed E-state index contributed by atoms with van der Waals surface area (Å²) in [6.07, 6.45) is -4.69. The van der Waals surface area contributed by atoms with Crippen molar-refractivity contribution in [2.75, 3.05) is 5.32 Å². The van der Waals surface area contributed by atoms with Crippen LogP contribution in [0, 0.1) is 6.92 Å². The first kappa shape index (κ1) is 18.6. The summed E-state index contributed by atoms with van der Waals surface area (Å²) >= 11 is 0. The number of nitrogens with one attached hydrogen (secondary N) is 2. The quantitative estimate of drug-likeness (QED) is 0.548. The number of rotatable bonds is 3. The number of aromatic nitrogens is 6. The Morgan fingerprint density at radius 1 is 1.17 bits per heavy atom. The van der Waals surface area contributed by atoms with Crippen LogP contribution in [0.4, 0.5) is 19.1 Å². The number of pyridine rings is 1. The van der Waals surface area contributed by atoms with Crippen molar-refractivity contribution in [2.24, 2.45) is 7.05 Å². The van der Waals surface area contributed by atoms with Crippen LogP contribution < -0.4 is 5.32 Å². The number of aryl methyl sites for hydroxylation is 2. The first-order valence-electron chi connectivity index (χ1n) is 8.45. The van der Waals surface area contributed by atoms with Gasteiger partial charge in [-0.3, -0.25) is 19.9 Å². The fraction of sp³-hybridized carbons (Fsp3) is 0.167. The lowest BCUT2D eigenvalue weighted by Crippen LogP contribution is -2.15. The fourth-order valence-electron chi connectivity index (χ4n) is 2.99. The Morgan fingerprint density at radius 3 is 2.55 bits per heavy atom. The van der Waals surface area contributed by atoms with Gasteiger partial charge < -0.3 is 0 Å². The van der Waals surface area contributed by atoms with Crippen LogP contribution in [0.25, 0.3) is 22.3 Å². The molecule has 1 aromatic carbocycles. The minimum absolute atomic E-state index is 0.206. The number of carbonyl (C=O) groups excluding carboxylic acids is 1. The molecule has 0 unspecified atom stereocenters. The van der Waals surface area contributed by atoms with Crippen molar-refractivity contribution >= 4 is 22.9 Å². The highest BCUT2D eigenvalue weighted by molar-refractivity contribution is 6.12. The van der Waals surface area contributed by atoms with Crippen LogP contribution in [0.3, 0.4) is 0 Å². The number of hydrogen-bond acceptors (Lipinski definition) is 5. The molecule has 0 fully saturated rings. The lowest BCUT2D eigenvalue weighted by atomic mass is 10.1. The zero-order valence-corrected chi connectivity index (χ0v) is 15.2. The minimum Gasteiger partial charge on any atom is -0.289 e. The summed E-state index contributed by atoms with van der Waals surface area (Å²) in [6, 6.07) is 10.8. The molecule has 0 saturated heterocycles. The fourth-order valence-corrected chi connectivity index (χ4v) is 2.99. The summed E-state index contributed by atoms with van der Waals surface area (Å²) < 4.78 is 39.6. The van der Waals surface area contributed by atoms with Gasteiger partial charge in [0.05, 0.1) is 22.3 Å². The highest BCUT2D eigenvalue weighted by Crippen LogP contribution is 2.28. The second kappa shape index (κ2) is 6.69. The summed E-state index contributed by atoms with van der Waals surface area (Å²) in [5.74, 6) is -2.44. The Balaban J connectivity index is 1.79. The number of nitrogens with zero attached hydrogens (tertiary/aromatic N) is 5. The molecule has 2 N–H and O–H groups in total. The van der Waals surface area contributed by atoms with E-state index in [1.54, 1.807) is 29.8 Å². The monoisotopic (exact) mass is 401 g/mol. The second-order valence-electron chi connectivity index (χ2n) is 6.29. The van der Waals surface area contributed by atoms with Crippen LogP contribution in [-0.4, -0.2) is 35.9 Å². The Kier molecular flexibility index (Phi) is 4.29. The Bertz CT molecular complexity index is 1210. The van der Waals surface area contributed by atoms with Crippen LogP contribution in [0.2, 0.25) is 0 Å². The number of carbonyl (C=O) groups is 1. The van der Waals surface area contributed by atoms with Gasteiger partial charge in [0.15, 0.2) is 5.65 Å². The number of fused-ring (bicyclic) bond motifs is 1. The van der Waals surface area contributed by atoms with E-state index in [9.17, 15) is 18.0 Å². The average molecular weight is 401 g/mol. The van der Waals surface area contributed by atoms with Crippen molar-refractivity contribution < 1.29 is 18.0 Å². The van der Waals surface area contributed by atoms with Crippen molar-refractivity contribution in [2.45, 2.75) is 13.1 Å². The number of amides is 1. The van der Waals surface area contributed by atoms with Crippen LogP contribution in [0.1, 0.15) is 21.9 Å². The van der Waals surface area contributed by atoms with Gasteiger partial charge in [0.2, 0.25) is 11.8 Å². The minimum atomic E-state index is -4.69. The molecule has 3 aromatic heterocycles. The standard InChI is InChI=1S/C18H14F3N7O/c1-9-13-11(15(29)23-17-24-16(25-26-17)18(19,20)21)8-12(10-6-4-3-5-7-10)22-14(13)28(2)27-9/h3-8H,1-2H3,(H2,23,24,25,26,29). The summed E-state index contributed by atoms with van der Waals surface area (Å²) in [7, 11) is 1.70. The van der Waals surface area contributed by atoms with Crippen LogP contribution in [0.5, 0.6) is 0 Å². The van der Waals surface area contributed by atoms with Crippen LogP contribution in [0.15, 0.2) is 36.4 Å². The molecule has 11 heteroatoms. The summed E-state index contributed by atoms with van der Waals surface area (Å²) in [6.45, 7) is 1.72. The van der Waals surface area contributed by atoms with Gasteiger partial charge in [0.25, 0.3) is 5.91 Å². The van der Waals surface area contributed by atoms with Crippen molar-refractivity contribution in [1.29, 1.82) is 0 Å². The maximum absolute atomic E-state index is 12.9. The molecule has 148 valence electrons. The molecular weight excluding hydrogens is 387 g/mol. The van der Waals surface area contributed by atoms with Gasteiger partial charge in [0, 0.05) is 12.6 Å². The Hall–Kier alpha value is -3.76. The Labute approximate surface area is 161 Å². The molecule has 0 saturated carbocycles. The maximum atomic E-state index is 12.9. The molecule has 0 spiro atoms. The van der Waals surface area contributed by atoms with Crippen molar-refractivity contribution in [3.63, 3.8) is 0 Å². The lowest BCUT2D eigenvalue weighted by Gasteiger charge is -2.08. The van der Waals surface area contributed by atoms with E-state index in [0.29, 0.717) is 22.4 Å². The second-order valence-corrected chi connectivity index (χ2v) is 6.29. The highest BCUT2D eigenvalue weighted by Gasteiger charge is 2.35. The molecule has 0 bridgehead atoms. The average Bonchev–Trinajstić information content (AvgIpc) is 3.26. The molecule has 0 aliphatic heterocycles. The molecule has 0 radical (unpaired) electrons. The number of anilines is 1. The lowest BCUT2D eigenvalue weighted by molar-refractivity contribution is -0.144. The third-order valence-electron chi connectivity index (χ3n) is 4.26. The predicted octanol–water partition coefficient (Wildman–Crippen LogP) is 3.33. The van der Waals surface area contributed by atoms with Crippen LogP contribution >= 0.6 is 0 Å². The molecule has 29 heavy (non-hydrogen) atoms. The number of H-pyrrole nitrogens is 1. The van der Waals surface area contributed by atoms with E-state index >= 15 is 0 Å². The molecule has 3 heterocycles. The highest BCUT2D eigenvalue weighted by atomic mass is 19.4. The topological polar surface area (TPSA) is 101 Å². The number of alkyl halides is 3. The molecule has 0 aliphatic carbocycles. The van der Waals surface area contributed by atoms with Crippen molar-refractivity contribution in [1.82, 2.24) is 29.9 Å². The summed E-state index contributed by atoms with van der Waals surface area (Å²) in [4.78, 5) is 20.7. The third kappa shape index (κ3) is 3.42. The van der Waals surface area contributed by atoms with E-state index < -0.39 is 23.9 Å². The van der Waals surface area contributed by atoms with E-state index in [2.05, 4.69) is 25.5 Å². The van der Waals surface area contributed by atoms with E-state index in [0.717, 1.165) is 5.56 Å². The molecule has 4 rings (SSSR count). The van der Waals surface area contributed by atoms with Gasteiger partial charge in [0.1, 0.15) is 0 Å². The molecule has 8 nitrogen and oxygen atoms in total. The number of hydrogen-bond donors (Lipinski definition) is 2. The van der Waals surface area contributed by atoms with Gasteiger partial charge in [-0.2, -0.15) is 23.3 Å². The van der Waals surface area contributed by atoms with E-state index in [-0.39, 0.29) is 5.56 Å². The van der Waals surface area contributed by atoms with Gasteiger partial charge in [-0.05, 0) is 13.0 Å².